The van der Waals surface area contributed by atoms with Crippen molar-refractivity contribution in [1.29, 1.82) is 0 Å². The van der Waals surface area contributed by atoms with E-state index in [1.54, 1.807) is 53.4 Å². The van der Waals surface area contributed by atoms with Gasteiger partial charge in [0.25, 0.3) is 0 Å². The molecule has 6 atom stereocenters. The monoisotopic (exact) mass is 894 g/mol. The van der Waals surface area contributed by atoms with E-state index in [1.807, 2.05) is 42.5 Å². The van der Waals surface area contributed by atoms with Crippen LogP contribution < -0.4 is 9.47 Å². The van der Waals surface area contributed by atoms with Gasteiger partial charge in [-0.3, -0.25) is 9.69 Å². The third kappa shape index (κ3) is 10.7. The molecule has 1 amide bonds. The molecule has 0 saturated heterocycles. The highest BCUT2D eigenvalue weighted by Gasteiger charge is 2.65. The smallest absolute Gasteiger partial charge is 0.410 e. The molecule has 64 heavy (non-hydrogen) atoms. The first-order valence-corrected chi connectivity index (χ1v) is 22.6. The van der Waals surface area contributed by atoms with Crippen LogP contribution in [0.15, 0.2) is 127 Å². The zero-order chi connectivity index (χ0) is 44.9. The van der Waals surface area contributed by atoms with E-state index < -0.39 is 29.7 Å². The highest BCUT2D eigenvalue weighted by molar-refractivity contribution is 6.18. The molecule has 338 valence electrons. The molecule has 1 saturated carbocycles. The van der Waals surface area contributed by atoms with Crippen molar-refractivity contribution >= 4 is 29.7 Å². The van der Waals surface area contributed by atoms with E-state index in [9.17, 15) is 24.2 Å². The Kier molecular flexibility index (Phi) is 16.3. The van der Waals surface area contributed by atoms with Crippen LogP contribution >= 0.6 is 11.6 Å². The predicted molar refractivity (Wildman–Crippen MR) is 242 cm³/mol. The van der Waals surface area contributed by atoms with Gasteiger partial charge in [0.2, 0.25) is 5.79 Å². The summed E-state index contributed by atoms with van der Waals surface area (Å²) in [5, 5.41) is 24.8. The van der Waals surface area contributed by atoms with Crippen LogP contribution in [0.2, 0.25) is 0 Å². The minimum Gasteiger partial charge on any atom is -0.459 e. The summed E-state index contributed by atoms with van der Waals surface area (Å²) in [6.45, 7) is 4.32. The van der Waals surface area contributed by atoms with Gasteiger partial charge < -0.3 is 34.0 Å². The summed E-state index contributed by atoms with van der Waals surface area (Å²) in [7, 11) is 0. The number of hydrogen-bond donors (Lipinski definition) is 2. The lowest BCUT2D eigenvalue weighted by Gasteiger charge is -2.59. The molecule has 11 nitrogen and oxygen atoms in total. The molecule has 0 bridgehead atoms. The Balaban J connectivity index is 1.45. The number of fused-ring (bicyclic) bond motifs is 2. The lowest BCUT2D eigenvalue weighted by molar-refractivity contribution is -0.256. The van der Waals surface area contributed by atoms with Crippen LogP contribution in [0.1, 0.15) is 77.9 Å². The van der Waals surface area contributed by atoms with Gasteiger partial charge in [0.1, 0.15) is 48.6 Å². The average Bonchev–Trinajstić information content (AvgIpc) is 3.31. The zero-order valence-corrected chi connectivity index (χ0v) is 36.6. The molecule has 0 unspecified atom stereocenters. The van der Waals surface area contributed by atoms with E-state index in [0.29, 0.717) is 46.9 Å². The van der Waals surface area contributed by atoms with Crippen molar-refractivity contribution in [2.24, 2.45) is 22.9 Å². The predicted octanol–water partition coefficient (Wildman–Crippen LogP) is 10.1. The fraction of sp³-hybridized carbons (Fsp3) is 0.392. The standard InChI is InChI=1S/C51H56ClFN2O9/c1-2-26-61-51-47(55(50(59)60-27-23-52)32-35-17-19-39(53)20-18-35)31-45(54-62-34-36-11-4-3-5-12-36)43-29-38(14-6-8-24-56)42(16-7-9-25-57)48(49(43)51)44-30-41(21-22-46(44)64-51)63-40-15-10-13-37(28-40)33-58/h2-5,10-13,15,17-22,28-30,33,38,42,47-49,56-57H,1,6-9,14,16,23-27,31-32,34H2/t38-,42+,47-,48+,49+,51+/m0/s1. The summed E-state index contributed by atoms with van der Waals surface area (Å²) < 4.78 is 40.9. The van der Waals surface area contributed by atoms with Gasteiger partial charge >= 0.3 is 6.09 Å². The number of aldehydes is 1. The highest BCUT2D eigenvalue weighted by Crippen LogP contribution is 2.62. The minimum atomic E-state index is -1.57. The summed E-state index contributed by atoms with van der Waals surface area (Å²) >= 11 is 6.08. The Morgan fingerprint density at radius 3 is 2.44 bits per heavy atom. The van der Waals surface area contributed by atoms with Gasteiger partial charge in [-0.15, -0.1) is 18.2 Å². The van der Waals surface area contributed by atoms with Gasteiger partial charge in [0.15, 0.2) is 0 Å². The molecule has 0 aromatic heterocycles. The molecule has 1 heterocycles. The quantitative estimate of drug-likeness (QED) is 0.0260. The summed E-state index contributed by atoms with van der Waals surface area (Å²) in [5.74, 6) is -1.34. The number of allylic oxidation sites excluding steroid dienone is 1. The summed E-state index contributed by atoms with van der Waals surface area (Å²) in [6.07, 6.45) is 8.39. The number of alkyl halides is 1. The fourth-order valence-corrected chi connectivity index (χ4v) is 9.63. The number of nitrogens with zero attached hydrogens (tertiary/aromatic N) is 2. The van der Waals surface area contributed by atoms with Gasteiger partial charge in [-0.25, -0.2) is 9.18 Å². The van der Waals surface area contributed by atoms with E-state index in [4.69, 9.17) is 40.5 Å². The van der Waals surface area contributed by atoms with Crippen LogP contribution in [0.5, 0.6) is 17.2 Å². The number of hydrogen-bond acceptors (Lipinski definition) is 10. The van der Waals surface area contributed by atoms with E-state index in [1.165, 1.54) is 12.1 Å². The second-order valence-electron chi connectivity index (χ2n) is 16.4. The zero-order valence-electron chi connectivity index (χ0n) is 35.9. The first-order valence-electron chi connectivity index (χ1n) is 22.0. The minimum absolute atomic E-state index is 0.00160. The normalized spacial score (nSPS) is 22.6. The molecule has 1 fully saturated rings. The van der Waals surface area contributed by atoms with Crippen molar-refractivity contribution in [3.8, 4) is 17.2 Å². The molecule has 1 aliphatic heterocycles. The molecule has 2 N–H and O–H groups in total. The Hall–Kier alpha value is -5.53. The van der Waals surface area contributed by atoms with Gasteiger partial charge in [-0.05, 0) is 96.7 Å². The highest BCUT2D eigenvalue weighted by atomic mass is 35.5. The SMILES string of the molecule is C=CCO[C@@]12Oc3ccc(Oc4cccc(C=O)c4)cc3[C@H]3[C@H](CCCCO)[C@@H](CCCCO)C=C(C(=NOCc4ccccc4)C[C@@H]1N(Cc1ccc(F)cc1)C(=O)OCCCl)[C@H]32. The topological polar surface area (TPSA) is 136 Å². The van der Waals surface area contributed by atoms with Crippen LogP contribution in [0.3, 0.4) is 0 Å². The number of aliphatic hydroxyl groups excluding tert-OH is 2. The maximum Gasteiger partial charge on any atom is 0.410 e. The first-order chi connectivity index (χ1) is 31.3. The number of benzene rings is 4. The van der Waals surface area contributed by atoms with E-state index in [-0.39, 0.29) is 69.6 Å². The Morgan fingerprint density at radius 2 is 1.70 bits per heavy atom. The Morgan fingerprint density at radius 1 is 0.938 bits per heavy atom. The summed E-state index contributed by atoms with van der Waals surface area (Å²) in [5.41, 5.74) is 4.37. The van der Waals surface area contributed by atoms with E-state index in [2.05, 4.69) is 12.7 Å². The molecular formula is C51H56ClFN2O9. The van der Waals surface area contributed by atoms with Crippen molar-refractivity contribution in [2.75, 3.05) is 32.3 Å². The van der Waals surface area contributed by atoms with Crippen LogP contribution in [0, 0.1) is 23.6 Å². The van der Waals surface area contributed by atoms with E-state index in [0.717, 1.165) is 48.7 Å². The van der Waals surface area contributed by atoms with Gasteiger partial charge in [0, 0.05) is 43.2 Å². The number of ether oxygens (including phenoxy) is 4. The van der Waals surface area contributed by atoms with Crippen LogP contribution in [-0.2, 0) is 27.5 Å². The molecule has 0 spiro atoms. The first kappa shape index (κ1) is 46.5. The second kappa shape index (κ2) is 22.4. The molecule has 4 aromatic rings. The second-order valence-corrected chi connectivity index (χ2v) is 16.8. The van der Waals surface area contributed by atoms with Crippen LogP contribution in [0.4, 0.5) is 9.18 Å². The maximum atomic E-state index is 14.5. The van der Waals surface area contributed by atoms with Crippen LogP contribution in [0.25, 0.3) is 0 Å². The van der Waals surface area contributed by atoms with Crippen molar-refractivity contribution in [1.82, 2.24) is 4.90 Å². The summed E-state index contributed by atoms with van der Waals surface area (Å²) in [6, 6.07) is 27.3. The van der Waals surface area contributed by atoms with Gasteiger partial charge in [-0.1, -0.05) is 84.7 Å². The number of aliphatic hydroxyl groups is 2. The van der Waals surface area contributed by atoms with E-state index >= 15 is 0 Å². The van der Waals surface area contributed by atoms with Crippen molar-refractivity contribution in [3.63, 3.8) is 0 Å². The average molecular weight is 895 g/mol. The van der Waals surface area contributed by atoms with Crippen molar-refractivity contribution in [3.05, 3.63) is 149 Å². The Labute approximate surface area is 379 Å². The third-order valence-corrected chi connectivity index (χ3v) is 12.5. The number of halogens is 2. The van der Waals surface area contributed by atoms with Crippen molar-refractivity contribution < 1.29 is 48.0 Å². The third-order valence-electron chi connectivity index (χ3n) is 12.3. The van der Waals surface area contributed by atoms with Crippen molar-refractivity contribution in [2.45, 2.75) is 75.8 Å². The van der Waals surface area contributed by atoms with Gasteiger partial charge in [-0.2, -0.15) is 0 Å². The van der Waals surface area contributed by atoms with Gasteiger partial charge in [0.05, 0.1) is 24.1 Å². The lowest BCUT2D eigenvalue weighted by atomic mass is 9.55. The number of rotatable bonds is 22. The number of carbonyl (C=O) groups excluding carboxylic acids is 2. The number of oxime groups is 1. The molecule has 4 aromatic carbocycles. The molecule has 2 aliphatic carbocycles. The molecular weight excluding hydrogens is 839 g/mol. The fourth-order valence-electron chi connectivity index (χ4n) is 9.56. The molecule has 3 aliphatic rings. The van der Waals surface area contributed by atoms with Crippen LogP contribution in [-0.4, -0.2) is 77.3 Å². The molecule has 0 radical (unpaired) electrons. The number of carbonyl (C=O) groups is 2. The number of amides is 1. The summed E-state index contributed by atoms with van der Waals surface area (Å²) in [4.78, 5) is 34.0. The maximum absolute atomic E-state index is 14.5. The lowest BCUT2D eigenvalue weighted by Crippen LogP contribution is -2.70. The Bertz CT molecular complexity index is 2260. The molecule has 13 heteroatoms. The largest absolute Gasteiger partial charge is 0.459 e. The number of unbranched alkanes of at least 4 members (excludes halogenated alkanes) is 2. The molecule has 7 rings (SSSR count).